The molecule has 0 saturated carbocycles. The van der Waals surface area contributed by atoms with Crippen LogP contribution in [0.25, 0.3) is 11.0 Å². The summed E-state index contributed by atoms with van der Waals surface area (Å²) < 4.78 is 3.31. The zero-order valence-corrected chi connectivity index (χ0v) is 12.6. The zero-order chi connectivity index (χ0) is 14.4. The summed E-state index contributed by atoms with van der Waals surface area (Å²) in [6.07, 6.45) is 0. The Morgan fingerprint density at radius 1 is 1.15 bits per heavy atom. The highest BCUT2D eigenvalue weighted by Gasteiger charge is 2.15. The standard InChI is InChI=1S/C15H17N3OS/c1-9-6-7-20-14(9)13(16)10-4-5-11-12(8-10)18(3)15(19)17(11)2/h4-8,13H,16H2,1-3H3. The summed E-state index contributed by atoms with van der Waals surface area (Å²) in [6, 6.07) is 7.92. The second-order valence-corrected chi connectivity index (χ2v) is 6.04. The lowest BCUT2D eigenvalue weighted by Crippen LogP contribution is -2.19. The zero-order valence-electron chi connectivity index (χ0n) is 11.8. The van der Waals surface area contributed by atoms with E-state index in [2.05, 4.69) is 18.4 Å². The van der Waals surface area contributed by atoms with E-state index < -0.39 is 0 Å². The van der Waals surface area contributed by atoms with Crippen LogP contribution in [-0.2, 0) is 14.1 Å². The Balaban J connectivity index is 2.17. The molecule has 3 rings (SSSR count). The SMILES string of the molecule is Cc1ccsc1C(N)c1ccc2c(c1)n(C)c(=O)n2C. The number of hydrogen-bond acceptors (Lipinski definition) is 3. The second kappa shape index (κ2) is 4.61. The molecule has 2 N–H and O–H groups in total. The van der Waals surface area contributed by atoms with Crippen LogP contribution < -0.4 is 11.4 Å². The van der Waals surface area contributed by atoms with Gasteiger partial charge in [0, 0.05) is 19.0 Å². The Kier molecular flexibility index (Phi) is 3.03. The summed E-state index contributed by atoms with van der Waals surface area (Å²) in [5.74, 6) is 0. The van der Waals surface area contributed by atoms with Gasteiger partial charge in [-0.3, -0.25) is 9.13 Å². The van der Waals surface area contributed by atoms with E-state index in [0.29, 0.717) is 0 Å². The van der Waals surface area contributed by atoms with Crippen molar-refractivity contribution in [2.24, 2.45) is 19.8 Å². The maximum Gasteiger partial charge on any atom is 0.328 e. The first kappa shape index (κ1) is 13.1. The van der Waals surface area contributed by atoms with Crippen molar-refractivity contribution in [3.63, 3.8) is 0 Å². The lowest BCUT2D eigenvalue weighted by atomic mass is 10.0. The van der Waals surface area contributed by atoms with Gasteiger partial charge in [0.25, 0.3) is 0 Å². The van der Waals surface area contributed by atoms with E-state index in [1.54, 1.807) is 34.6 Å². The van der Waals surface area contributed by atoms with Gasteiger partial charge < -0.3 is 5.73 Å². The van der Waals surface area contributed by atoms with E-state index in [-0.39, 0.29) is 11.7 Å². The third-order valence-electron chi connectivity index (χ3n) is 3.84. The topological polar surface area (TPSA) is 52.9 Å². The molecular formula is C15H17N3OS. The van der Waals surface area contributed by atoms with Crippen LogP contribution in [0.5, 0.6) is 0 Å². The summed E-state index contributed by atoms with van der Waals surface area (Å²) in [5, 5.41) is 2.06. The molecule has 0 radical (unpaired) electrons. The minimum atomic E-state index is -0.144. The lowest BCUT2D eigenvalue weighted by Gasteiger charge is -2.12. The maximum absolute atomic E-state index is 11.9. The van der Waals surface area contributed by atoms with Crippen LogP contribution in [0, 0.1) is 6.92 Å². The van der Waals surface area contributed by atoms with Crippen molar-refractivity contribution in [1.29, 1.82) is 0 Å². The third-order valence-corrected chi connectivity index (χ3v) is 4.94. The first-order valence-corrected chi connectivity index (χ1v) is 7.33. The van der Waals surface area contributed by atoms with Gasteiger partial charge in [-0.1, -0.05) is 6.07 Å². The van der Waals surface area contributed by atoms with Crippen LogP contribution in [0.15, 0.2) is 34.4 Å². The van der Waals surface area contributed by atoms with Crippen molar-refractivity contribution >= 4 is 22.4 Å². The molecule has 0 amide bonds. The van der Waals surface area contributed by atoms with Crippen molar-refractivity contribution < 1.29 is 0 Å². The minimum Gasteiger partial charge on any atom is -0.320 e. The van der Waals surface area contributed by atoms with Crippen molar-refractivity contribution in [3.8, 4) is 0 Å². The Labute approximate surface area is 121 Å². The van der Waals surface area contributed by atoms with Gasteiger partial charge in [-0.05, 0) is 41.6 Å². The number of aromatic nitrogens is 2. The summed E-state index contributed by atoms with van der Waals surface area (Å²) in [5.41, 5.74) is 10.4. The molecule has 0 bridgehead atoms. The highest BCUT2D eigenvalue weighted by atomic mass is 32.1. The Hall–Kier alpha value is -1.85. The average Bonchev–Trinajstić information content (AvgIpc) is 2.97. The Bertz CT molecular complexity index is 841. The van der Waals surface area contributed by atoms with E-state index in [0.717, 1.165) is 16.6 Å². The number of rotatable bonds is 2. The van der Waals surface area contributed by atoms with Gasteiger partial charge in [-0.25, -0.2) is 4.79 Å². The number of aryl methyl sites for hydroxylation is 3. The molecule has 0 saturated heterocycles. The van der Waals surface area contributed by atoms with E-state index in [4.69, 9.17) is 5.73 Å². The quantitative estimate of drug-likeness (QED) is 0.786. The predicted octanol–water partition coefficient (Wildman–Crippen LogP) is 2.30. The first-order chi connectivity index (χ1) is 9.50. The number of hydrogen-bond donors (Lipinski definition) is 1. The molecule has 4 nitrogen and oxygen atoms in total. The van der Waals surface area contributed by atoms with Gasteiger partial charge in [0.15, 0.2) is 0 Å². The van der Waals surface area contributed by atoms with Crippen molar-refractivity contribution in [2.75, 3.05) is 0 Å². The lowest BCUT2D eigenvalue weighted by molar-refractivity contribution is 0.795. The molecule has 1 atom stereocenters. The Morgan fingerprint density at radius 2 is 1.85 bits per heavy atom. The molecule has 2 aromatic heterocycles. The number of nitrogens with two attached hydrogens (primary N) is 1. The van der Waals surface area contributed by atoms with Gasteiger partial charge in [-0.2, -0.15) is 0 Å². The monoisotopic (exact) mass is 287 g/mol. The molecule has 20 heavy (non-hydrogen) atoms. The van der Waals surface area contributed by atoms with E-state index in [1.165, 1.54) is 10.4 Å². The minimum absolute atomic E-state index is 0.0157. The Morgan fingerprint density at radius 3 is 2.50 bits per heavy atom. The van der Waals surface area contributed by atoms with Gasteiger partial charge in [0.05, 0.1) is 17.1 Å². The van der Waals surface area contributed by atoms with E-state index in [1.807, 2.05) is 18.2 Å². The fourth-order valence-electron chi connectivity index (χ4n) is 2.57. The predicted molar refractivity (Wildman–Crippen MR) is 83.2 cm³/mol. The smallest absolute Gasteiger partial charge is 0.320 e. The van der Waals surface area contributed by atoms with Crippen molar-refractivity contribution in [2.45, 2.75) is 13.0 Å². The maximum atomic E-state index is 11.9. The van der Waals surface area contributed by atoms with Crippen LogP contribution in [0.1, 0.15) is 22.0 Å². The average molecular weight is 287 g/mol. The van der Waals surface area contributed by atoms with Crippen LogP contribution in [0.4, 0.5) is 0 Å². The molecule has 5 heteroatoms. The molecule has 0 spiro atoms. The fraction of sp³-hybridized carbons (Fsp3) is 0.267. The molecule has 3 aromatic rings. The highest BCUT2D eigenvalue weighted by Crippen LogP contribution is 2.28. The van der Waals surface area contributed by atoms with Crippen molar-refractivity contribution in [1.82, 2.24) is 9.13 Å². The summed E-state index contributed by atoms with van der Waals surface area (Å²) in [4.78, 5) is 13.1. The molecule has 0 fully saturated rings. The summed E-state index contributed by atoms with van der Waals surface area (Å²) in [6.45, 7) is 2.07. The van der Waals surface area contributed by atoms with Crippen LogP contribution in [0.2, 0.25) is 0 Å². The van der Waals surface area contributed by atoms with Gasteiger partial charge in [0.1, 0.15) is 0 Å². The molecule has 0 aliphatic carbocycles. The largest absolute Gasteiger partial charge is 0.328 e. The highest BCUT2D eigenvalue weighted by molar-refractivity contribution is 7.10. The molecule has 0 aliphatic rings. The summed E-state index contributed by atoms with van der Waals surface area (Å²) >= 11 is 1.67. The number of nitrogens with zero attached hydrogens (tertiary/aromatic N) is 2. The molecule has 1 unspecified atom stereocenters. The summed E-state index contributed by atoms with van der Waals surface area (Å²) in [7, 11) is 3.57. The number of benzene rings is 1. The van der Waals surface area contributed by atoms with Gasteiger partial charge in [-0.15, -0.1) is 11.3 Å². The normalized spacial score (nSPS) is 13.0. The molecule has 104 valence electrons. The molecular weight excluding hydrogens is 270 g/mol. The van der Waals surface area contributed by atoms with E-state index in [9.17, 15) is 4.79 Å². The van der Waals surface area contributed by atoms with E-state index >= 15 is 0 Å². The van der Waals surface area contributed by atoms with Crippen LogP contribution in [-0.4, -0.2) is 9.13 Å². The molecule has 2 heterocycles. The molecule has 1 aromatic carbocycles. The second-order valence-electron chi connectivity index (χ2n) is 5.09. The number of imidazole rings is 1. The fourth-order valence-corrected chi connectivity index (χ4v) is 3.53. The third kappa shape index (κ3) is 1.82. The molecule has 0 aliphatic heterocycles. The van der Waals surface area contributed by atoms with Crippen molar-refractivity contribution in [3.05, 3.63) is 56.1 Å². The van der Waals surface area contributed by atoms with Gasteiger partial charge >= 0.3 is 5.69 Å². The van der Waals surface area contributed by atoms with Gasteiger partial charge in [0.2, 0.25) is 0 Å². The number of thiophene rings is 1. The van der Waals surface area contributed by atoms with Crippen LogP contribution >= 0.6 is 11.3 Å². The number of fused-ring (bicyclic) bond motifs is 1. The van der Waals surface area contributed by atoms with Crippen LogP contribution in [0.3, 0.4) is 0 Å². The first-order valence-electron chi connectivity index (χ1n) is 6.45.